The van der Waals surface area contributed by atoms with Crippen LogP contribution in [0.1, 0.15) is 6.42 Å². The Morgan fingerprint density at radius 3 is 2.84 bits per heavy atom. The molecule has 0 saturated carbocycles. The highest BCUT2D eigenvalue weighted by atomic mass is 16.5. The summed E-state index contributed by atoms with van der Waals surface area (Å²) in [6.45, 7) is 0.238. The zero-order chi connectivity index (χ0) is 13.8. The van der Waals surface area contributed by atoms with Gasteiger partial charge in [0.15, 0.2) is 0 Å². The smallest absolute Gasteiger partial charge is 0.348 e. The lowest BCUT2D eigenvalue weighted by Gasteiger charge is -2.09. The Morgan fingerprint density at radius 1 is 1.37 bits per heavy atom. The van der Waals surface area contributed by atoms with E-state index in [-0.39, 0.29) is 24.6 Å². The molecule has 19 heavy (non-hydrogen) atoms. The standard InChI is InChI=1S/C13H14N2O4/c1-18-10-3-4-11-9(7-10)8-14-13(17)15(11)6-5-12(16)19-2/h3-4,7-8H,5-6H2,1-2H3. The molecule has 1 aromatic heterocycles. The minimum absolute atomic E-state index is 0.128. The van der Waals surface area contributed by atoms with E-state index < -0.39 is 0 Å². The van der Waals surface area contributed by atoms with Gasteiger partial charge in [0.2, 0.25) is 0 Å². The lowest BCUT2D eigenvalue weighted by Crippen LogP contribution is -2.24. The monoisotopic (exact) mass is 262 g/mol. The van der Waals surface area contributed by atoms with Gasteiger partial charge in [-0.05, 0) is 18.2 Å². The molecule has 2 aromatic rings. The molecule has 0 atom stereocenters. The van der Waals surface area contributed by atoms with Crippen molar-refractivity contribution in [3.05, 3.63) is 34.9 Å². The first-order valence-corrected chi connectivity index (χ1v) is 5.76. The van der Waals surface area contributed by atoms with Gasteiger partial charge in [-0.15, -0.1) is 0 Å². The number of benzene rings is 1. The summed E-state index contributed by atoms with van der Waals surface area (Å²) in [7, 11) is 2.89. The average molecular weight is 262 g/mol. The fraction of sp³-hybridized carbons (Fsp3) is 0.308. The molecule has 0 bridgehead atoms. The van der Waals surface area contributed by atoms with Gasteiger partial charge in [-0.3, -0.25) is 9.36 Å². The Labute approximate surface area is 109 Å². The maximum absolute atomic E-state index is 11.8. The Bertz CT molecular complexity index is 663. The van der Waals surface area contributed by atoms with Gasteiger partial charge in [-0.25, -0.2) is 9.78 Å². The molecule has 2 rings (SSSR count). The number of fused-ring (bicyclic) bond motifs is 1. The van der Waals surface area contributed by atoms with Crippen LogP contribution in [0.5, 0.6) is 5.75 Å². The van der Waals surface area contributed by atoms with E-state index in [1.165, 1.54) is 17.9 Å². The number of carbonyl (C=O) groups is 1. The van der Waals surface area contributed by atoms with Crippen LogP contribution >= 0.6 is 0 Å². The molecule has 1 aromatic carbocycles. The summed E-state index contributed by atoms with van der Waals surface area (Å²) in [6, 6.07) is 5.32. The number of rotatable bonds is 4. The van der Waals surface area contributed by atoms with Crippen LogP contribution in [0.15, 0.2) is 29.2 Å². The summed E-state index contributed by atoms with van der Waals surface area (Å²) in [4.78, 5) is 26.7. The summed E-state index contributed by atoms with van der Waals surface area (Å²) in [5, 5.41) is 0.781. The third-order valence-corrected chi connectivity index (χ3v) is 2.84. The zero-order valence-electron chi connectivity index (χ0n) is 10.8. The fourth-order valence-corrected chi connectivity index (χ4v) is 1.83. The number of ether oxygens (including phenoxy) is 2. The van der Waals surface area contributed by atoms with Crippen molar-refractivity contribution in [3.8, 4) is 5.75 Å². The Balaban J connectivity index is 2.44. The van der Waals surface area contributed by atoms with Crippen molar-refractivity contribution in [2.45, 2.75) is 13.0 Å². The van der Waals surface area contributed by atoms with Gasteiger partial charge in [-0.2, -0.15) is 0 Å². The first kappa shape index (κ1) is 13.1. The van der Waals surface area contributed by atoms with Crippen molar-refractivity contribution in [2.75, 3.05) is 14.2 Å². The highest BCUT2D eigenvalue weighted by Crippen LogP contribution is 2.18. The first-order valence-electron chi connectivity index (χ1n) is 5.76. The molecule has 0 amide bonds. The lowest BCUT2D eigenvalue weighted by molar-refractivity contribution is -0.140. The van der Waals surface area contributed by atoms with Gasteiger partial charge in [0, 0.05) is 18.1 Å². The molecule has 0 radical (unpaired) electrons. The molecular weight excluding hydrogens is 248 g/mol. The zero-order valence-corrected chi connectivity index (χ0v) is 10.8. The van der Waals surface area contributed by atoms with E-state index in [1.807, 2.05) is 0 Å². The lowest BCUT2D eigenvalue weighted by atomic mass is 10.2. The Hall–Kier alpha value is -2.37. The summed E-state index contributed by atoms with van der Waals surface area (Å²) in [5.41, 5.74) is 0.325. The number of nitrogens with zero attached hydrogens (tertiary/aromatic N) is 2. The molecule has 0 N–H and O–H groups in total. The number of hydrogen-bond acceptors (Lipinski definition) is 5. The summed E-state index contributed by atoms with van der Waals surface area (Å²) < 4.78 is 11.1. The number of hydrogen-bond donors (Lipinski definition) is 0. The van der Waals surface area contributed by atoms with Crippen molar-refractivity contribution in [1.29, 1.82) is 0 Å². The van der Waals surface area contributed by atoms with Gasteiger partial charge in [-0.1, -0.05) is 0 Å². The minimum atomic E-state index is -0.387. The molecule has 0 aliphatic rings. The SMILES string of the molecule is COC(=O)CCn1c(=O)ncc2cc(OC)ccc21. The van der Waals surface area contributed by atoms with Crippen LogP contribution in [0, 0.1) is 0 Å². The number of methoxy groups -OCH3 is 2. The molecule has 0 aliphatic carbocycles. The van der Waals surface area contributed by atoms with Gasteiger partial charge in [0.1, 0.15) is 5.75 Å². The normalized spacial score (nSPS) is 10.4. The predicted molar refractivity (Wildman–Crippen MR) is 69.2 cm³/mol. The maximum Gasteiger partial charge on any atom is 0.348 e. The van der Waals surface area contributed by atoms with Gasteiger partial charge in [0.25, 0.3) is 0 Å². The summed E-state index contributed by atoms with van der Waals surface area (Å²) in [5.74, 6) is 0.324. The van der Waals surface area contributed by atoms with E-state index in [0.29, 0.717) is 11.3 Å². The van der Waals surface area contributed by atoms with Crippen molar-refractivity contribution in [1.82, 2.24) is 9.55 Å². The number of carbonyl (C=O) groups excluding carboxylic acids is 1. The van der Waals surface area contributed by atoms with Crippen LogP contribution in [0.2, 0.25) is 0 Å². The van der Waals surface area contributed by atoms with E-state index >= 15 is 0 Å². The molecule has 6 heteroatoms. The number of esters is 1. The predicted octanol–water partition coefficient (Wildman–Crippen LogP) is 0.968. The van der Waals surface area contributed by atoms with E-state index in [1.54, 1.807) is 25.3 Å². The van der Waals surface area contributed by atoms with Crippen molar-refractivity contribution >= 4 is 16.9 Å². The van der Waals surface area contributed by atoms with Crippen molar-refractivity contribution in [2.24, 2.45) is 0 Å². The largest absolute Gasteiger partial charge is 0.497 e. The molecule has 0 fully saturated rings. The molecule has 0 aliphatic heterocycles. The van der Waals surface area contributed by atoms with Crippen LogP contribution in [0.3, 0.4) is 0 Å². The number of aromatic nitrogens is 2. The molecule has 6 nitrogen and oxygen atoms in total. The maximum atomic E-state index is 11.8. The molecule has 100 valence electrons. The van der Waals surface area contributed by atoms with E-state index in [0.717, 1.165) is 5.39 Å². The Morgan fingerprint density at radius 2 is 2.16 bits per heavy atom. The molecule has 0 unspecified atom stereocenters. The van der Waals surface area contributed by atoms with Gasteiger partial charge >= 0.3 is 11.7 Å². The third-order valence-electron chi connectivity index (χ3n) is 2.84. The first-order chi connectivity index (χ1) is 9.15. The van der Waals surface area contributed by atoms with Gasteiger partial charge < -0.3 is 9.47 Å². The topological polar surface area (TPSA) is 70.4 Å². The second-order valence-corrected chi connectivity index (χ2v) is 3.94. The van der Waals surface area contributed by atoms with Crippen LogP contribution in [0.25, 0.3) is 10.9 Å². The van der Waals surface area contributed by atoms with Crippen LogP contribution in [-0.2, 0) is 16.1 Å². The molecule has 1 heterocycles. The third kappa shape index (κ3) is 2.73. The average Bonchev–Trinajstić information content (AvgIpc) is 2.45. The quantitative estimate of drug-likeness (QED) is 0.768. The van der Waals surface area contributed by atoms with Crippen LogP contribution < -0.4 is 10.4 Å². The highest BCUT2D eigenvalue weighted by Gasteiger charge is 2.08. The highest BCUT2D eigenvalue weighted by molar-refractivity contribution is 5.79. The molecule has 0 saturated heterocycles. The van der Waals surface area contributed by atoms with Crippen LogP contribution in [0.4, 0.5) is 0 Å². The Kier molecular flexibility index (Phi) is 3.79. The fourth-order valence-electron chi connectivity index (χ4n) is 1.83. The van der Waals surface area contributed by atoms with Crippen LogP contribution in [-0.4, -0.2) is 29.7 Å². The number of aryl methyl sites for hydroxylation is 1. The van der Waals surface area contributed by atoms with Gasteiger partial charge in [0.05, 0.1) is 26.2 Å². The van der Waals surface area contributed by atoms with E-state index in [2.05, 4.69) is 9.72 Å². The van der Waals surface area contributed by atoms with Crippen molar-refractivity contribution < 1.29 is 14.3 Å². The minimum Gasteiger partial charge on any atom is -0.497 e. The second-order valence-electron chi connectivity index (χ2n) is 3.94. The van der Waals surface area contributed by atoms with Crippen molar-refractivity contribution in [3.63, 3.8) is 0 Å². The van der Waals surface area contributed by atoms with E-state index in [9.17, 15) is 9.59 Å². The summed E-state index contributed by atoms with van der Waals surface area (Å²) in [6.07, 6.45) is 1.62. The van der Waals surface area contributed by atoms with E-state index in [4.69, 9.17) is 4.74 Å². The summed E-state index contributed by atoms with van der Waals surface area (Å²) >= 11 is 0. The second kappa shape index (κ2) is 5.51. The molecule has 0 spiro atoms. The molecular formula is C13H14N2O4.